The van der Waals surface area contributed by atoms with Crippen LogP contribution in [-0.2, 0) is 11.3 Å². The van der Waals surface area contributed by atoms with E-state index >= 15 is 0 Å². The minimum absolute atomic E-state index is 0.0405. The molecule has 0 aliphatic rings. The van der Waals surface area contributed by atoms with Gasteiger partial charge in [-0.25, -0.2) is 4.98 Å². The molecule has 0 aliphatic carbocycles. The van der Waals surface area contributed by atoms with Gasteiger partial charge in [0.15, 0.2) is 5.65 Å². The molecule has 0 radical (unpaired) electrons. The van der Waals surface area contributed by atoms with Crippen LogP contribution in [0, 0.1) is 0 Å². The number of aromatic nitrogens is 4. The van der Waals surface area contributed by atoms with Crippen LogP contribution in [0.3, 0.4) is 0 Å². The third-order valence-electron chi connectivity index (χ3n) is 3.83. The lowest BCUT2D eigenvalue weighted by Crippen LogP contribution is -2.27. The van der Waals surface area contributed by atoms with Crippen molar-refractivity contribution in [3.63, 3.8) is 0 Å². The summed E-state index contributed by atoms with van der Waals surface area (Å²) in [6, 6.07) is 11.9. The van der Waals surface area contributed by atoms with Gasteiger partial charge in [-0.3, -0.25) is 4.79 Å². The van der Waals surface area contributed by atoms with Gasteiger partial charge in [0.2, 0.25) is 11.1 Å². The quantitative estimate of drug-likeness (QED) is 0.546. The maximum Gasteiger partial charge on any atom is 0.233 e. The Bertz CT molecular complexity index is 1030. The molecule has 4 aromatic rings. The van der Waals surface area contributed by atoms with Gasteiger partial charge in [0.05, 0.1) is 12.3 Å². The number of nitrogens with zero attached hydrogens (tertiary/aromatic N) is 4. The fourth-order valence-corrected chi connectivity index (χ4v) is 4.01. The highest BCUT2D eigenvalue weighted by Crippen LogP contribution is 2.23. The van der Waals surface area contributed by atoms with E-state index in [-0.39, 0.29) is 11.7 Å². The fourth-order valence-electron chi connectivity index (χ4n) is 2.53. The van der Waals surface area contributed by atoms with Gasteiger partial charge in [-0.05, 0) is 17.5 Å². The van der Waals surface area contributed by atoms with Crippen LogP contribution in [0.15, 0.2) is 46.9 Å². The molecule has 1 N–H and O–H groups in total. The zero-order valence-electron chi connectivity index (χ0n) is 13.5. The molecule has 0 atom stereocenters. The average Bonchev–Trinajstić information content (AvgIpc) is 3.26. The molecule has 1 amide bonds. The van der Waals surface area contributed by atoms with Gasteiger partial charge in [-0.1, -0.05) is 36.0 Å². The molecule has 0 spiro atoms. The Hall–Kier alpha value is -2.45. The van der Waals surface area contributed by atoms with E-state index < -0.39 is 0 Å². The predicted molar refractivity (Wildman–Crippen MR) is 101 cm³/mol. The molecular weight excluding hydrogens is 354 g/mol. The number of amides is 1. The number of rotatable bonds is 5. The van der Waals surface area contributed by atoms with Gasteiger partial charge in [0.1, 0.15) is 5.52 Å². The monoisotopic (exact) mass is 369 g/mol. The topological polar surface area (TPSA) is 74.8 Å². The minimum Gasteiger partial charge on any atom is -0.340 e. The van der Waals surface area contributed by atoms with E-state index in [9.17, 15) is 4.79 Å². The summed E-state index contributed by atoms with van der Waals surface area (Å²) in [5.41, 5.74) is 2.42. The summed E-state index contributed by atoms with van der Waals surface area (Å²) in [4.78, 5) is 22.9. The molecule has 0 saturated heterocycles. The van der Waals surface area contributed by atoms with E-state index in [1.165, 1.54) is 16.6 Å². The van der Waals surface area contributed by atoms with E-state index in [1.54, 1.807) is 16.2 Å². The normalized spacial score (nSPS) is 11.2. The molecule has 4 rings (SSSR count). The second-order valence-corrected chi connectivity index (χ2v) is 7.55. The maximum absolute atomic E-state index is 12.3. The van der Waals surface area contributed by atoms with Gasteiger partial charge >= 0.3 is 0 Å². The van der Waals surface area contributed by atoms with Crippen LogP contribution in [0.5, 0.6) is 0 Å². The molecule has 6 nitrogen and oxygen atoms in total. The van der Waals surface area contributed by atoms with Crippen LogP contribution in [0.2, 0.25) is 0 Å². The summed E-state index contributed by atoms with van der Waals surface area (Å²) in [5, 5.41) is 11.9. The lowest BCUT2D eigenvalue weighted by atomic mass is 10.2. The zero-order chi connectivity index (χ0) is 17.2. The van der Waals surface area contributed by atoms with Crippen molar-refractivity contribution in [2.24, 2.45) is 0 Å². The predicted octanol–water partition coefficient (Wildman–Crippen LogP) is 3.32. The number of H-pyrrole nitrogens is 1. The number of thiophene rings is 1. The molecule has 0 saturated carbocycles. The van der Waals surface area contributed by atoms with Crippen molar-refractivity contribution in [3.8, 4) is 0 Å². The van der Waals surface area contributed by atoms with Gasteiger partial charge in [0, 0.05) is 22.8 Å². The fraction of sp³-hybridized carbons (Fsp3) is 0.176. The number of hydrogen-bond acceptors (Lipinski definition) is 6. The number of aromatic amines is 1. The largest absolute Gasteiger partial charge is 0.340 e. The maximum atomic E-state index is 12.3. The Labute approximate surface area is 152 Å². The van der Waals surface area contributed by atoms with Crippen molar-refractivity contribution < 1.29 is 4.79 Å². The highest BCUT2D eigenvalue weighted by molar-refractivity contribution is 7.99. The Balaban J connectivity index is 1.45. The first-order chi connectivity index (χ1) is 12.2. The first-order valence-electron chi connectivity index (χ1n) is 7.71. The number of para-hydroxylation sites is 1. The summed E-state index contributed by atoms with van der Waals surface area (Å²) in [6.45, 7) is 0.622. The molecule has 126 valence electrons. The molecule has 3 aromatic heterocycles. The van der Waals surface area contributed by atoms with Gasteiger partial charge in [0.25, 0.3) is 0 Å². The molecule has 0 bridgehead atoms. The Morgan fingerprint density at radius 2 is 2.12 bits per heavy atom. The van der Waals surface area contributed by atoms with Gasteiger partial charge in [-0.15, -0.1) is 21.5 Å². The highest BCUT2D eigenvalue weighted by atomic mass is 32.2. The molecule has 25 heavy (non-hydrogen) atoms. The van der Waals surface area contributed by atoms with E-state index in [2.05, 4.69) is 20.2 Å². The van der Waals surface area contributed by atoms with E-state index in [1.807, 2.05) is 48.8 Å². The number of carbonyl (C=O) groups is 1. The first-order valence-corrected chi connectivity index (χ1v) is 9.57. The number of nitrogens with one attached hydrogen (secondary N) is 1. The second kappa shape index (κ2) is 6.81. The van der Waals surface area contributed by atoms with Crippen molar-refractivity contribution >= 4 is 51.1 Å². The van der Waals surface area contributed by atoms with Crippen molar-refractivity contribution in [1.82, 2.24) is 25.1 Å². The SMILES string of the molecule is CN(Cc1cccs1)C(=O)CSc1nnc2c(n1)[nH]c1ccccc12. The summed E-state index contributed by atoms with van der Waals surface area (Å²) in [6.07, 6.45) is 0. The average molecular weight is 369 g/mol. The standard InChI is InChI=1S/C17H15N5OS2/c1-22(9-11-5-4-8-24-11)14(23)10-25-17-19-16-15(20-21-17)12-6-2-3-7-13(12)18-16/h2-8H,9-10H2,1H3,(H,18,19,21). The van der Waals surface area contributed by atoms with Crippen LogP contribution in [0.1, 0.15) is 4.88 Å². The third kappa shape index (κ3) is 3.35. The number of carbonyl (C=O) groups excluding carboxylic acids is 1. The number of benzene rings is 1. The third-order valence-corrected chi connectivity index (χ3v) is 5.51. The molecule has 0 aliphatic heterocycles. The van der Waals surface area contributed by atoms with Crippen molar-refractivity contribution in [1.29, 1.82) is 0 Å². The lowest BCUT2D eigenvalue weighted by Gasteiger charge is -2.15. The molecule has 8 heteroatoms. The highest BCUT2D eigenvalue weighted by Gasteiger charge is 2.13. The molecule has 1 aromatic carbocycles. The van der Waals surface area contributed by atoms with E-state index in [0.29, 0.717) is 17.3 Å². The molecule has 3 heterocycles. The van der Waals surface area contributed by atoms with Gasteiger partial charge in [-0.2, -0.15) is 0 Å². The second-order valence-electron chi connectivity index (χ2n) is 5.58. The van der Waals surface area contributed by atoms with Crippen molar-refractivity contribution in [2.45, 2.75) is 11.7 Å². The van der Waals surface area contributed by atoms with E-state index in [4.69, 9.17) is 0 Å². The van der Waals surface area contributed by atoms with Gasteiger partial charge < -0.3 is 9.88 Å². The van der Waals surface area contributed by atoms with Crippen molar-refractivity contribution in [2.75, 3.05) is 12.8 Å². The zero-order valence-corrected chi connectivity index (χ0v) is 15.1. The van der Waals surface area contributed by atoms with Crippen LogP contribution in [-0.4, -0.2) is 43.8 Å². The number of fused-ring (bicyclic) bond motifs is 3. The summed E-state index contributed by atoms with van der Waals surface area (Å²) in [7, 11) is 1.81. The Kier molecular flexibility index (Phi) is 4.37. The van der Waals surface area contributed by atoms with Crippen LogP contribution in [0.4, 0.5) is 0 Å². The lowest BCUT2D eigenvalue weighted by molar-refractivity contribution is -0.127. The molecule has 0 fully saturated rings. The summed E-state index contributed by atoms with van der Waals surface area (Å²) >= 11 is 2.95. The Morgan fingerprint density at radius 3 is 2.96 bits per heavy atom. The van der Waals surface area contributed by atoms with Crippen molar-refractivity contribution in [3.05, 3.63) is 46.7 Å². The smallest absolute Gasteiger partial charge is 0.233 e. The molecule has 0 unspecified atom stereocenters. The number of thioether (sulfide) groups is 1. The first kappa shape index (κ1) is 16.0. The van der Waals surface area contributed by atoms with Crippen LogP contribution >= 0.6 is 23.1 Å². The van der Waals surface area contributed by atoms with E-state index in [0.717, 1.165) is 16.4 Å². The van der Waals surface area contributed by atoms with Crippen LogP contribution in [0.25, 0.3) is 22.1 Å². The minimum atomic E-state index is 0.0405. The summed E-state index contributed by atoms with van der Waals surface area (Å²) in [5.74, 6) is 0.327. The number of hydrogen-bond donors (Lipinski definition) is 1. The molecular formula is C17H15N5OS2. The Morgan fingerprint density at radius 1 is 1.24 bits per heavy atom. The van der Waals surface area contributed by atoms with Crippen LogP contribution < -0.4 is 0 Å². The summed E-state index contributed by atoms with van der Waals surface area (Å²) < 4.78 is 0.